The van der Waals surface area contributed by atoms with Gasteiger partial charge in [-0.25, -0.2) is 4.79 Å². The molecule has 0 N–H and O–H groups in total. The Labute approximate surface area is 146 Å². The molecule has 2 unspecified atom stereocenters. The summed E-state index contributed by atoms with van der Waals surface area (Å²) < 4.78 is 11.1. The lowest BCUT2D eigenvalue weighted by molar-refractivity contribution is -0.230. The van der Waals surface area contributed by atoms with E-state index in [2.05, 4.69) is 22.5 Å². The number of esters is 2. The predicted molar refractivity (Wildman–Crippen MR) is 90.1 cm³/mol. The molecule has 0 aliphatic heterocycles. The molecule has 2 atom stereocenters. The van der Waals surface area contributed by atoms with Crippen LogP contribution in [0.25, 0.3) is 0 Å². The Hall–Kier alpha value is -0.840. The average molecular weight is 385 g/mol. The van der Waals surface area contributed by atoms with Crippen LogP contribution in [0.3, 0.4) is 0 Å². The SMILES string of the molecule is C=C(C)C(=O)OC12CC3CC(C1)CC(OC(=O)C(C)(C)Br)(C3)C2. The normalized spacial score (nSPS) is 38.3. The van der Waals surface area contributed by atoms with Crippen LogP contribution in [-0.4, -0.2) is 27.5 Å². The highest BCUT2D eigenvalue weighted by atomic mass is 79.9. The number of halogens is 1. The standard InChI is InChI=1S/C18H25BrO4/c1-11(2)14(20)22-17-6-12-5-13(7-17)9-18(8-12,10-17)23-15(21)16(3,4)19/h12-13H,1,5-10H2,2-4H3. The minimum Gasteiger partial charge on any atom is -0.458 e. The molecule has 4 fully saturated rings. The van der Waals surface area contributed by atoms with Gasteiger partial charge in [0.05, 0.1) is 0 Å². The van der Waals surface area contributed by atoms with Gasteiger partial charge in [0.2, 0.25) is 0 Å². The molecule has 0 aromatic rings. The fourth-order valence-corrected chi connectivity index (χ4v) is 5.02. The molecule has 23 heavy (non-hydrogen) atoms. The van der Waals surface area contributed by atoms with Crippen LogP contribution < -0.4 is 0 Å². The van der Waals surface area contributed by atoms with E-state index < -0.39 is 15.5 Å². The van der Waals surface area contributed by atoms with Crippen molar-refractivity contribution < 1.29 is 19.1 Å². The van der Waals surface area contributed by atoms with Crippen molar-refractivity contribution in [2.24, 2.45) is 11.8 Å². The minimum absolute atomic E-state index is 0.235. The van der Waals surface area contributed by atoms with Crippen LogP contribution in [0.4, 0.5) is 0 Å². The molecule has 4 nitrogen and oxygen atoms in total. The van der Waals surface area contributed by atoms with Crippen LogP contribution in [0.2, 0.25) is 0 Å². The third kappa shape index (κ3) is 3.21. The van der Waals surface area contributed by atoms with E-state index in [-0.39, 0.29) is 11.9 Å². The van der Waals surface area contributed by atoms with E-state index in [1.54, 1.807) is 20.8 Å². The van der Waals surface area contributed by atoms with Gasteiger partial charge in [-0.15, -0.1) is 0 Å². The zero-order valence-electron chi connectivity index (χ0n) is 14.1. The topological polar surface area (TPSA) is 52.6 Å². The Kier molecular flexibility index (Phi) is 3.94. The molecule has 5 heteroatoms. The van der Waals surface area contributed by atoms with Gasteiger partial charge in [0.1, 0.15) is 15.5 Å². The second-order valence-corrected chi connectivity index (χ2v) is 10.3. The summed E-state index contributed by atoms with van der Waals surface area (Å²) in [6.45, 7) is 8.95. The van der Waals surface area contributed by atoms with Crippen molar-refractivity contribution in [3.8, 4) is 0 Å². The smallest absolute Gasteiger partial charge is 0.333 e. The maximum absolute atomic E-state index is 12.4. The number of hydrogen-bond acceptors (Lipinski definition) is 4. The Morgan fingerprint density at radius 1 is 1.09 bits per heavy atom. The lowest BCUT2D eigenvalue weighted by Gasteiger charge is -2.60. The minimum atomic E-state index is -0.697. The van der Waals surface area contributed by atoms with Crippen molar-refractivity contribution in [2.75, 3.05) is 0 Å². The van der Waals surface area contributed by atoms with Crippen LogP contribution in [0, 0.1) is 11.8 Å². The average Bonchev–Trinajstić information content (AvgIpc) is 2.34. The number of alkyl halides is 1. The van der Waals surface area contributed by atoms with E-state index in [9.17, 15) is 9.59 Å². The molecule has 0 amide bonds. The molecule has 4 bridgehead atoms. The van der Waals surface area contributed by atoms with Gasteiger partial charge in [0, 0.05) is 12.0 Å². The Balaban J connectivity index is 1.83. The molecule has 0 saturated heterocycles. The molecule has 0 spiro atoms. The summed E-state index contributed by atoms with van der Waals surface area (Å²) in [4.78, 5) is 24.5. The van der Waals surface area contributed by atoms with Crippen LogP contribution in [0.5, 0.6) is 0 Å². The van der Waals surface area contributed by atoms with E-state index in [1.165, 1.54) is 0 Å². The molecular formula is C18H25BrO4. The molecule has 4 rings (SSSR count). The number of hydrogen-bond donors (Lipinski definition) is 0. The van der Waals surface area contributed by atoms with Crippen molar-refractivity contribution in [3.63, 3.8) is 0 Å². The van der Waals surface area contributed by atoms with Gasteiger partial charge in [0.15, 0.2) is 0 Å². The van der Waals surface area contributed by atoms with Crippen molar-refractivity contribution in [2.45, 2.75) is 74.8 Å². The van der Waals surface area contributed by atoms with Crippen molar-refractivity contribution >= 4 is 27.9 Å². The van der Waals surface area contributed by atoms with Gasteiger partial charge >= 0.3 is 11.9 Å². The van der Waals surface area contributed by atoms with E-state index >= 15 is 0 Å². The third-order valence-electron chi connectivity index (χ3n) is 5.41. The lowest BCUT2D eigenvalue weighted by atomic mass is 9.52. The summed E-state index contributed by atoms with van der Waals surface area (Å²) in [5.41, 5.74) is -0.522. The Morgan fingerprint density at radius 2 is 1.57 bits per heavy atom. The first kappa shape index (κ1) is 17.0. The van der Waals surface area contributed by atoms with Crippen molar-refractivity contribution in [3.05, 3.63) is 12.2 Å². The van der Waals surface area contributed by atoms with Gasteiger partial charge in [-0.05, 0) is 64.7 Å². The second kappa shape index (κ2) is 5.33. The highest BCUT2D eigenvalue weighted by molar-refractivity contribution is 9.10. The third-order valence-corrected chi connectivity index (χ3v) is 5.73. The molecule has 0 aromatic heterocycles. The fraction of sp³-hybridized carbons (Fsp3) is 0.778. The molecule has 4 saturated carbocycles. The van der Waals surface area contributed by atoms with E-state index in [0.717, 1.165) is 32.1 Å². The monoisotopic (exact) mass is 384 g/mol. The molecule has 128 valence electrons. The first-order valence-corrected chi connectivity index (χ1v) is 9.13. The Bertz CT molecular complexity index is 546. The molecule has 0 aromatic carbocycles. The van der Waals surface area contributed by atoms with Crippen molar-refractivity contribution in [1.29, 1.82) is 0 Å². The zero-order valence-corrected chi connectivity index (χ0v) is 15.7. The summed E-state index contributed by atoms with van der Waals surface area (Å²) in [6, 6.07) is 0. The quantitative estimate of drug-likeness (QED) is 0.418. The molecule has 4 aliphatic rings. The first-order valence-electron chi connectivity index (χ1n) is 8.34. The second-order valence-electron chi connectivity index (χ2n) is 8.36. The zero-order chi connectivity index (χ0) is 17.0. The van der Waals surface area contributed by atoms with E-state index in [1.807, 2.05) is 0 Å². The van der Waals surface area contributed by atoms with Crippen LogP contribution in [-0.2, 0) is 19.1 Å². The number of carbonyl (C=O) groups excluding carboxylic acids is 2. The number of carbonyl (C=O) groups is 2. The molecule has 0 heterocycles. The number of ether oxygens (including phenoxy) is 2. The predicted octanol–water partition coefficient (Wildman–Crippen LogP) is 3.91. The largest absolute Gasteiger partial charge is 0.458 e. The van der Waals surface area contributed by atoms with Gasteiger partial charge in [0.25, 0.3) is 0 Å². The molecular weight excluding hydrogens is 360 g/mol. The summed E-state index contributed by atoms with van der Waals surface area (Å²) in [6.07, 6.45) is 5.35. The van der Waals surface area contributed by atoms with Gasteiger partial charge in [-0.1, -0.05) is 22.5 Å². The van der Waals surface area contributed by atoms with Crippen LogP contribution in [0.1, 0.15) is 59.3 Å². The maximum atomic E-state index is 12.4. The molecule has 4 aliphatic carbocycles. The lowest BCUT2D eigenvalue weighted by Crippen LogP contribution is -2.62. The Morgan fingerprint density at radius 3 is 2.00 bits per heavy atom. The molecule has 0 radical (unpaired) electrons. The summed E-state index contributed by atoms with van der Waals surface area (Å²) in [5.74, 6) is 0.385. The van der Waals surface area contributed by atoms with E-state index in [4.69, 9.17) is 9.47 Å². The van der Waals surface area contributed by atoms with Gasteiger partial charge in [-0.3, -0.25) is 4.79 Å². The summed E-state index contributed by atoms with van der Waals surface area (Å²) >= 11 is 3.38. The summed E-state index contributed by atoms with van der Waals surface area (Å²) in [5, 5.41) is 0. The van der Waals surface area contributed by atoms with Gasteiger partial charge < -0.3 is 9.47 Å². The van der Waals surface area contributed by atoms with Crippen LogP contribution >= 0.6 is 15.9 Å². The number of rotatable bonds is 4. The van der Waals surface area contributed by atoms with Crippen molar-refractivity contribution in [1.82, 2.24) is 0 Å². The fourth-order valence-electron chi connectivity index (χ4n) is 4.94. The summed E-state index contributed by atoms with van der Waals surface area (Å²) in [7, 11) is 0. The first-order chi connectivity index (χ1) is 10.5. The van der Waals surface area contributed by atoms with Gasteiger partial charge in [-0.2, -0.15) is 0 Å². The maximum Gasteiger partial charge on any atom is 0.333 e. The highest BCUT2D eigenvalue weighted by Gasteiger charge is 2.61. The highest BCUT2D eigenvalue weighted by Crippen LogP contribution is 2.60. The van der Waals surface area contributed by atoms with E-state index in [0.29, 0.717) is 23.8 Å². The van der Waals surface area contributed by atoms with Crippen LogP contribution in [0.15, 0.2) is 12.2 Å².